The summed E-state index contributed by atoms with van der Waals surface area (Å²) in [5, 5.41) is 9.45. The fraction of sp³-hybridized carbons (Fsp3) is 0.882. The number of aliphatic carboxylic acids is 1. The van der Waals surface area contributed by atoms with Crippen LogP contribution in [0.15, 0.2) is 0 Å². The van der Waals surface area contributed by atoms with Gasteiger partial charge in [-0.15, -0.1) is 0 Å². The van der Waals surface area contributed by atoms with E-state index in [2.05, 4.69) is 32.6 Å². The zero-order valence-corrected chi connectivity index (χ0v) is 15.5. The third kappa shape index (κ3) is 5.68. The summed E-state index contributed by atoms with van der Waals surface area (Å²) in [6.45, 7) is 14.6. The number of nitrogens with zero attached hydrogens (tertiary/aromatic N) is 2. The molecule has 0 saturated carbocycles. The molecule has 6 heteroatoms. The molecule has 1 saturated heterocycles. The van der Waals surface area contributed by atoms with Gasteiger partial charge in [0.05, 0.1) is 5.92 Å². The molecular weight excluding hydrogens is 296 g/mol. The van der Waals surface area contributed by atoms with Crippen LogP contribution in [0.3, 0.4) is 0 Å². The minimum atomic E-state index is -0.851. The molecule has 1 fully saturated rings. The third-order valence-corrected chi connectivity index (χ3v) is 4.04. The van der Waals surface area contributed by atoms with Crippen LogP contribution in [0.25, 0.3) is 0 Å². The van der Waals surface area contributed by atoms with Crippen molar-refractivity contribution in [3.05, 3.63) is 0 Å². The normalized spacial score (nSPS) is 22.8. The number of hydrogen-bond donors (Lipinski definition) is 1. The molecule has 0 spiro atoms. The predicted octanol–water partition coefficient (Wildman–Crippen LogP) is 2.82. The van der Waals surface area contributed by atoms with Crippen LogP contribution in [0.2, 0.25) is 0 Å². The summed E-state index contributed by atoms with van der Waals surface area (Å²) in [4.78, 5) is 27.7. The summed E-state index contributed by atoms with van der Waals surface area (Å²) in [6.07, 6.45) is 0.131. The Labute approximate surface area is 139 Å². The van der Waals surface area contributed by atoms with E-state index in [4.69, 9.17) is 4.74 Å². The predicted molar refractivity (Wildman–Crippen MR) is 89.4 cm³/mol. The summed E-state index contributed by atoms with van der Waals surface area (Å²) < 4.78 is 5.43. The highest BCUT2D eigenvalue weighted by atomic mass is 16.6. The van der Waals surface area contributed by atoms with Gasteiger partial charge in [0.2, 0.25) is 0 Å². The van der Waals surface area contributed by atoms with Crippen LogP contribution < -0.4 is 0 Å². The number of amides is 1. The lowest BCUT2D eigenvalue weighted by atomic mass is 9.92. The number of carbonyl (C=O) groups excluding carboxylic acids is 1. The molecule has 1 N–H and O–H groups in total. The quantitative estimate of drug-likeness (QED) is 0.859. The van der Waals surface area contributed by atoms with E-state index < -0.39 is 23.6 Å². The number of carbonyl (C=O) groups is 2. The number of carboxylic acids is 1. The molecular formula is C17H32N2O4. The minimum absolute atomic E-state index is 0.0253. The fourth-order valence-corrected chi connectivity index (χ4v) is 3.38. The van der Waals surface area contributed by atoms with Gasteiger partial charge in [0.15, 0.2) is 0 Å². The molecule has 0 aromatic heterocycles. The van der Waals surface area contributed by atoms with E-state index in [1.54, 1.807) is 4.90 Å². The van der Waals surface area contributed by atoms with Gasteiger partial charge in [-0.3, -0.25) is 9.69 Å². The molecule has 0 unspecified atom stereocenters. The topological polar surface area (TPSA) is 70.1 Å². The van der Waals surface area contributed by atoms with Crippen molar-refractivity contribution in [1.29, 1.82) is 0 Å². The zero-order chi connectivity index (χ0) is 17.9. The summed E-state index contributed by atoms with van der Waals surface area (Å²) >= 11 is 0. The van der Waals surface area contributed by atoms with Crippen molar-refractivity contribution in [2.24, 2.45) is 5.92 Å². The highest BCUT2D eigenvalue weighted by molar-refractivity contribution is 5.73. The molecule has 2 atom stereocenters. The molecule has 1 rings (SSSR count). The maximum absolute atomic E-state index is 12.4. The van der Waals surface area contributed by atoms with E-state index in [1.165, 1.54) is 0 Å². The smallest absolute Gasteiger partial charge is 0.410 e. The van der Waals surface area contributed by atoms with Crippen molar-refractivity contribution in [1.82, 2.24) is 9.80 Å². The number of rotatable bonds is 4. The molecule has 0 aromatic rings. The molecule has 1 aliphatic heterocycles. The number of piperidine rings is 1. The monoisotopic (exact) mass is 328 g/mol. The van der Waals surface area contributed by atoms with E-state index in [0.717, 1.165) is 0 Å². The molecule has 1 aliphatic rings. The highest BCUT2D eigenvalue weighted by Gasteiger charge is 2.39. The molecule has 6 nitrogen and oxygen atoms in total. The molecule has 0 radical (unpaired) electrons. The number of carboxylic acid groups (broad SMARTS) is 1. The van der Waals surface area contributed by atoms with Crippen LogP contribution in [0, 0.1) is 5.92 Å². The molecule has 1 heterocycles. The van der Waals surface area contributed by atoms with E-state index in [1.807, 2.05) is 20.8 Å². The summed E-state index contributed by atoms with van der Waals surface area (Å²) in [5.74, 6) is -1.41. The average Bonchev–Trinajstić information content (AvgIpc) is 2.35. The van der Waals surface area contributed by atoms with Crippen molar-refractivity contribution < 1.29 is 19.4 Å². The Morgan fingerprint density at radius 2 is 1.65 bits per heavy atom. The summed E-state index contributed by atoms with van der Waals surface area (Å²) in [6, 6.07) is 0.596. The molecule has 134 valence electrons. The lowest BCUT2D eigenvalue weighted by molar-refractivity contribution is -0.144. The van der Waals surface area contributed by atoms with Gasteiger partial charge < -0.3 is 14.7 Å². The Bertz CT molecular complexity index is 421. The summed E-state index contributed by atoms with van der Waals surface area (Å²) in [7, 11) is 0. The fourth-order valence-electron chi connectivity index (χ4n) is 3.38. The van der Waals surface area contributed by atoms with Gasteiger partial charge in [0, 0.05) is 31.2 Å². The maximum atomic E-state index is 12.4. The molecule has 1 amide bonds. The SMILES string of the molecule is CC(C)N(C(C)C)[C@H]1C[C@H](C(=O)O)CN(C(=O)OC(C)(C)C)C1. The van der Waals surface area contributed by atoms with Gasteiger partial charge in [0.25, 0.3) is 0 Å². The minimum Gasteiger partial charge on any atom is -0.481 e. The van der Waals surface area contributed by atoms with Crippen LogP contribution in [0.1, 0.15) is 54.9 Å². The Morgan fingerprint density at radius 3 is 2.04 bits per heavy atom. The lowest BCUT2D eigenvalue weighted by Crippen LogP contribution is -2.57. The standard InChI is InChI=1S/C17H32N2O4/c1-11(2)19(12(3)4)14-8-13(15(20)21)9-18(10-14)16(22)23-17(5,6)7/h11-14H,8-10H2,1-7H3,(H,20,21)/t13-,14-/m0/s1. The van der Waals surface area contributed by atoms with Gasteiger partial charge >= 0.3 is 12.1 Å². The van der Waals surface area contributed by atoms with Gasteiger partial charge in [-0.25, -0.2) is 4.79 Å². The van der Waals surface area contributed by atoms with Crippen LogP contribution in [0.4, 0.5) is 4.79 Å². The van der Waals surface area contributed by atoms with Gasteiger partial charge in [-0.1, -0.05) is 0 Å². The van der Waals surface area contributed by atoms with E-state index in [-0.39, 0.29) is 24.7 Å². The first-order valence-corrected chi connectivity index (χ1v) is 8.40. The molecule has 0 aromatic carbocycles. The second-order valence-corrected chi connectivity index (χ2v) is 7.94. The van der Waals surface area contributed by atoms with Crippen molar-refractivity contribution in [3.8, 4) is 0 Å². The first kappa shape index (κ1) is 19.7. The van der Waals surface area contributed by atoms with Crippen LogP contribution >= 0.6 is 0 Å². The van der Waals surface area contributed by atoms with Crippen molar-refractivity contribution >= 4 is 12.1 Å². The van der Waals surface area contributed by atoms with Crippen molar-refractivity contribution in [3.63, 3.8) is 0 Å². The molecule has 23 heavy (non-hydrogen) atoms. The van der Waals surface area contributed by atoms with E-state index in [9.17, 15) is 14.7 Å². The van der Waals surface area contributed by atoms with Crippen LogP contribution in [-0.2, 0) is 9.53 Å². The van der Waals surface area contributed by atoms with Gasteiger partial charge in [-0.05, 0) is 54.9 Å². The molecule has 0 bridgehead atoms. The maximum Gasteiger partial charge on any atom is 0.410 e. The van der Waals surface area contributed by atoms with E-state index >= 15 is 0 Å². The van der Waals surface area contributed by atoms with Gasteiger partial charge in [0.1, 0.15) is 5.60 Å². The lowest BCUT2D eigenvalue weighted by Gasteiger charge is -2.45. The zero-order valence-electron chi connectivity index (χ0n) is 15.5. The Kier molecular flexibility index (Phi) is 6.45. The van der Waals surface area contributed by atoms with E-state index in [0.29, 0.717) is 13.0 Å². The highest BCUT2D eigenvalue weighted by Crippen LogP contribution is 2.26. The average molecular weight is 328 g/mol. The third-order valence-electron chi connectivity index (χ3n) is 4.04. The Hall–Kier alpha value is -1.30. The second-order valence-electron chi connectivity index (χ2n) is 7.94. The van der Waals surface area contributed by atoms with Crippen LogP contribution in [0.5, 0.6) is 0 Å². The summed E-state index contributed by atoms with van der Waals surface area (Å²) in [5.41, 5.74) is -0.585. The van der Waals surface area contributed by atoms with Crippen molar-refractivity contribution in [2.45, 2.75) is 78.6 Å². The van der Waals surface area contributed by atoms with Crippen molar-refractivity contribution in [2.75, 3.05) is 13.1 Å². The largest absolute Gasteiger partial charge is 0.481 e. The first-order valence-electron chi connectivity index (χ1n) is 8.40. The first-order chi connectivity index (χ1) is 10.4. The Morgan fingerprint density at radius 1 is 1.13 bits per heavy atom. The molecule has 0 aliphatic carbocycles. The second kappa shape index (κ2) is 7.51. The number of ether oxygens (including phenoxy) is 1. The van der Waals surface area contributed by atoms with Gasteiger partial charge in [-0.2, -0.15) is 0 Å². The number of hydrogen-bond acceptors (Lipinski definition) is 4. The van der Waals surface area contributed by atoms with Crippen LogP contribution in [-0.4, -0.2) is 63.8 Å². The number of likely N-dealkylation sites (tertiary alicyclic amines) is 1. The Balaban J connectivity index is 2.96.